The molecular formula is C17H23N3. The van der Waals surface area contributed by atoms with Crippen LogP contribution < -0.4 is 5.73 Å². The smallest absolute Gasteiger partial charge is 0.0346 e. The van der Waals surface area contributed by atoms with E-state index in [2.05, 4.69) is 41.1 Å². The normalized spacial score (nSPS) is 22.0. The summed E-state index contributed by atoms with van der Waals surface area (Å²) in [5.41, 5.74) is 7.40. The van der Waals surface area contributed by atoms with E-state index in [0.717, 1.165) is 13.1 Å². The second-order valence-corrected chi connectivity index (χ2v) is 6.02. The summed E-state index contributed by atoms with van der Waals surface area (Å²) in [6.07, 6.45) is 6.48. The SMILES string of the molecule is CC(N)C1CCCN(Cc2cncc3ccccc23)C1. The number of nitrogens with zero attached hydrogens (tertiary/aromatic N) is 2. The van der Waals surface area contributed by atoms with Crippen LogP contribution in [0.2, 0.25) is 0 Å². The molecule has 2 atom stereocenters. The number of hydrogen-bond donors (Lipinski definition) is 1. The van der Waals surface area contributed by atoms with Crippen LogP contribution in [0.1, 0.15) is 25.3 Å². The Morgan fingerprint density at radius 1 is 1.35 bits per heavy atom. The number of hydrogen-bond acceptors (Lipinski definition) is 3. The maximum absolute atomic E-state index is 6.07. The van der Waals surface area contributed by atoms with Crippen molar-refractivity contribution < 1.29 is 0 Å². The lowest BCUT2D eigenvalue weighted by molar-refractivity contribution is 0.154. The third-order valence-electron chi connectivity index (χ3n) is 4.43. The lowest BCUT2D eigenvalue weighted by Crippen LogP contribution is -2.41. The summed E-state index contributed by atoms with van der Waals surface area (Å²) in [6.45, 7) is 5.40. The highest BCUT2D eigenvalue weighted by Crippen LogP contribution is 2.23. The molecule has 0 saturated carbocycles. The summed E-state index contributed by atoms with van der Waals surface area (Å²) in [6, 6.07) is 8.79. The number of pyridine rings is 1. The van der Waals surface area contributed by atoms with Gasteiger partial charge in [-0.15, -0.1) is 0 Å². The first-order valence-electron chi connectivity index (χ1n) is 7.53. The molecule has 0 aliphatic carbocycles. The number of benzene rings is 1. The fraction of sp³-hybridized carbons (Fsp3) is 0.471. The van der Waals surface area contributed by atoms with Crippen molar-refractivity contribution in [2.24, 2.45) is 11.7 Å². The molecule has 106 valence electrons. The van der Waals surface area contributed by atoms with Crippen LogP contribution in [-0.2, 0) is 6.54 Å². The number of likely N-dealkylation sites (tertiary alicyclic amines) is 1. The highest BCUT2D eigenvalue weighted by molar-refractivity contribution is 5.84. The fourth-order valence-corrected chi connectivity index (χ4v) is 3.21. The minimum absolute atomic E-state index is 0.295. The Kier molecular flexibility index (Phi) is 3.99. The molecule has 1 aliphatic rings. The molecule has 2 N–H and O–H groups in total. The highest BCUT2D eigenvalue weighted by Gasteiger charge is 2.22. The third-order valence-corrected chi connectivity index (χ3v) is 4.43. The van der Waals surface area contributed by atoms with E-state index < -0.39 is 0 Å². The molecule has 2 aromatic rings. The molecule has 20 heavy (non-hydrogen) atoms. The van der Waals surface area contributed by atoms with Gasteiger partial charge in [0.15, 0.2) is 0 Å². The van der Waals surface area contributed by atoms with Crippen molar-refractivity contribution >= 4 is 10.8 Å². The zero-order valence-electron chi connectivity index (χ0n) is 12.1. The first-order valence-corrected chi connectivity index (χ1v) is 7.53. The van der Waals surface area contributed by atoms with Crippen LogP contribution in [0.25, 0.3) is 10.8 Å². The summed E-state index contributed by atoms with van der Waals surface area (Å²) in [4.78, 5) is 6.91. The van der Waals surface area contributed by atoms with Gasteiger partial charge in [-0.25, -0.2) is 0 Å². The van der Waals surface area contributed by atoms with Gasteiger partial charge in [0.05, 0.1) is 0 Å². The minimum Gasteiger partial charge on any atom is -0.328 e. The average molecular weight is 269 g/mol. The van der Waals surface area contributed by atoms with Gasteiger partial charge in [0.1, 0.15) is 0 Å². The zero-order valence-corrected chi connectivity index (χ0v) is 12.1. The molecular weight excluding hydrogens is 246 g/mol. The summed E-state index contributed by atoms with van der Waals surface area (Å²) in [5.74, 6) is 0.631. The maximum Gasteiger partial charge on any atom is 0.0346 e. The van der Waals surface area contributed by atoms with E-state index in [4.69, 9.17) is 5.73 Å². The Morgan fingerprint density at radius 3 is 3.05 bits per heavy atom. The van der Waals surface area contributed by atoms with Crippen molar-refractivity contribution in [2.45, 2.75) is 32.4 Å². The predicted octanol–water partition coefficient (Wildman–Crippen LogP) is 2.79. The summed E-state index contributed by atoms with van der Waals surface area (Å²) in [7, 11) is 0. The van der Waals surface area contributed by atoms with E-state index >= 15 is 0 Å². The number of rotatable bonds is 3. The Balaban J connectivity index is 1.79. The lowest BCUT2D eigenvalue weighted by Gasteiger charge is -2.34. The largest absolute Gasteiger partial charge is 0.328 e. The van der Waals surface area contributed by atoms with Crippen LogP contribution in [0.3, 0.4) is 0 Å². The number of fused-ring (bicyclic) bond motifs is 1. The number of piperidine rings is 1. The molecule has 1 aromatic carbocycles. The van der Waals surface area contributed by atoms with Crippen molar-refractivity contribution in [1.82, 2.24) is 9.88 Å². The second kappa shape index (κ2) is 5.90. The molecule has 1 aliphatic heterocycles. The highest BCUT2D eigenvalue weighted by atomic mass is 15.1. The molecule has 3 nitrogen and oxygen atoms in total. The third kappa shape index (κ3) is 2.84. The summed E-state index contributed by atoms with van der Waals surface area (Å²) < 4.78 is 0. The van der Waals surface area contributed by atoms with E-state index in [9.17, 15) is 0 Å². The van der Waals surface area contributed by atoms with E-state index in [1.54, 1.807) is 0 Å². The monoisotopic (exact) mass is 269 g/mol. The second-order valence-electron chi connectivity index (χ2n) is 6.02. The predicted molar refractivity (Wildman–Crippen MR) is 83.4 cm³/mol. The van der Waals surface area contributed by atoms with Crippen molar-refractivity contribution in [3.63, 3.8) is 0 Å². The topological polar surface area (TPSA) is 42.1 Å². The number of aromatic nitrogens is 1. The summed E-state index contributed by atoms with van der Waals surface area (Å²) >= 11 is 0. The Bertz CT molecular complexity index is 574. The van der Waals surface area contributed by atoms with E-state index in [1.165, 1.54) is 35.7 Å². The van der Waals surface area contributed by atoms with Gasteiger partial charge in [0.25, 0.3) is 0 Å². The molecule has 0 amide bonds. The van der Waals surface area contributed by atoms with Crippen LogP contribution in [0.15, 0.2) is 36.7 Å². The van der Waals surface area contributed by atoms with E-state index in [-0.39, 0.29) is 0 Å². The molecule has 3 rings (SSSR count). The molecule has 0 bridgehead atoms. The zero-order chi connectivity index (χ0) is 13.9. The van der Waals surface area contributed by atoms with Gasteiger partial charge >= 0.3 is 0 Å². The molecule has 1 saturated heterocycles. The standard InChI is InChI=1S/C17H23N3/c1-13(18)15-6-4-8-20(11-15)12-16-10-19-9-14-5-2-3-7-17(14)16/h2-3,5,7,9-10,13,15H,4,6,8,11-12,18H2,1H3. The van der Waals surface area contributed by atoms with Crippen LogP contribution in [0.4, 0.5) is 0 Å². The van der Waals surface area contributed by atoms with E-state index in [1.807, 2.05) is 12.4 Å². The van der Waals surface area contributed by atoms with Crippen LogP contribution in [-0.4, -0.2) is 29.0 Å². The van der Waals surface area contributed by atoms with Gasteiger partial charge in [0, 0.05) is 36.9 Å². The van der Waals surface area contributed by atoms with Crippen LogP contribution in [0, 0.1) is 5.92 Å². The first kappa shape index (κ1) is 13.5. The first-order chi connectivity index (χ1) is 9.74. The molecule has 2 heterocycles. The fourth-order valence-electron chi connectivity index (χ4n) is 3.21. The minimum atomic E-state index is 0.295. The molecule has 2 unspecified atom stereocenters. The Morgan fingerprint density at radius 2 is 2.20 bits per heavy atom. The Hall–Kier alpha value is -1.45. The van der Waals surface area contributed by atoms with Gasteiger partial charge in [-0.1, -0.05) is 24.3 Å². The van der Waals surface area contributed by atoms with Gasteiger partial charge in [-0.05, 0) is 43.2 Å². The maximum atomic E-state index is 6.07. The molecule has 0 radical (unpaired) electrons. The van der Waals surface area contributed by atoms with Crippen LogP contribution in [0.5, 0.6) is 0 Å². The van der Waals surface area contributed by atoms with Gasteiger partial charge < -0.3 is 5.73 Å². The molecule has 0 spiro atoms. The van der Waals surface area contributed by atoms with Crippen molar-refractivity contribution in [3.8, 4) is 0 Å². The van der Waals surface area contributed by atoms with Gasteiger partial charge in [-0.3, -0.25) is 9.88 Å². The summed E-state index contributed by atoms with van der Waals surface area (Å²) in [5, 5.41) is 2.55. The quantitative estimate of drug-likeness (QED) is 0.931. The molecule has 3 heteroatoms. The van der Waals surface area contributed by atoms with Crippen LogP contribution >= 0.6 is 0 Å². The Labute approximate surface area is 120 Å². The van der Waals surface area contributed by atoms with Gasteiger partial charge in [0.2, 0.25) is 0 Å². The van der Waals surface area contributed by atoms with Crippen molar-refractivity contribution in [3.05, 3.63) is 42.2 Å². The molecule has 1 fully saturated rings. The van der Waals surface area contributed by atoms with E-state index in [0.29, 0.717) is 12.0 Å². The molecule has 1 aromatic heterocycles. The van der Waals surface area contributed by atoms with Crippen molar-refractivity contribution in [1.29, 1.82) is 0 Å². The number of nitrogens with two attached hydrogens (primary N) is 1. The van der Waals surface area contributed by atoms with Crippen molar-refractivity contribution in [2.75, 3.05) is 13.1 Å². The van der Waals surface area contributed by atoms with Gasteiger partial charge in [-0.2, -0.15) is 0 Å². The lowest BCUT2D eigenvalue weighted by atomic mass is 9.92. The average Bonchev–Trinajstić information content (AvgIpc) is 2.48.